The summed E-state index contributed by atoms with van der Waals surface area (Å²) in [7, 11) is 0. The van der Waals surface area contributed by atoms with E-state index >= 15 is 0 Å². The lowest BCUT2D eigenvalue weighted by molar-refractivity contribution is -0.133. The summed E-state index contributed by atoms with van der Waals surface area (Å²) in [5.74, 6) is -0.728. The molecular formula is C31H40N4O3S. The van der Waals surface area contributed by atoms with Gasteiger partial charge in [0.1, 0.15) is 11.6 Å². The number of benzene rings is 2. The molecule has 1 aliphatic carbocycles. The molecular weight excluding hydrogens is 508 g/mol. The molecule has 1 aliphatic rings. The van der Waals surface area contributed by atoms with Crippen LogP contribution in [0.1, 0.15) is 61.2 Å². The van der Waals surface area contributed by atoms with Gasteiger partial charge >= 0.3 is 0 Å². The highest BCUT2D eigenvalue weighted by atomic mass is 32.1. The average Bonchev–Trinajstić information content (AvgIpc) is 3.41. The van der Waals surface area contributed by atoms with Gasteiger partial charge in [-0.1, -0.05) is 81.6 Å². The molecule has 1 unspecified atom stereocenters. The van der Waals surface area contributed by atoms with Crippen molar-refractivity contribution in [2.24, 2.45) is 0 Å². The van der Waals surface area contributed by atoms with Gasteiger partial charge in [-0.2, -0.15) is 0 Å². The predicted octanol–water partition coefficient (Wildman–Crippen LogP) is 4.52. The molecule has 1 saturated carbocycles. The number of nitrogens with one attached hydrogen (secondary N) is 3. The second-order valence-electron chi connectivity index (χ2n) is 10.3. The first-order valence-corrected chi connectivity index (χ1v) is 14.9. The Bertz CT molecular complexity index is 1220. The number of likely N-dealkylation sites (N-methyl/N-ethyl adjacent to an activating group) is 1. The summed E-state index contributed by atoms with van der Waals surface area (Å²) in [4.78, 5) is 43.5. The number of hydrogen-bond donors (Lipinski definition) is 3. The third-order valence-corrected chi connectivity index (χ3v) is 8.78. The van der Waals surface area contributed by atoms with E-state index in [1.807, 2.05) is 60.7 Å². The summed E-state index contributed by atoms with van der Waals surface area (Å²) in [5, 5.41) is 10.2. The third kappa shape index (κ3) is 7.46. The van der Waals surface area contributed by atoms with Crippen LogP contribution in [0.5, 0.6) is 0 Å². The van der Waals surface area contributed by atoms with Crippen molar-refractivity contribution in [3.63, 3.8) is 0 Å². The van der Waals surface area contributed by atoms with Crippen LogP contribution in [0.15, 0.2) is 60.7 Å². The standard InChI is InChI=1S/C31H40N4O3S/c1-3-35(4-2)20-19-32-28(36)25(21-23-13-7-5-8-14-23)33-30(38)31(17-11-6-12-18-31)34-29(37)27-22-24-15-9-10-16-26(24)39-27/h5,7-10,13-16,22,25H,3-4,6,11-12,17-21H2,1-2H3,(H,32,36)(H,33,38)(H,34,37). The van der Waals surface area contributed by atoms with E-state index in [4.69, 9.17) is 0 Å². The Kier molecular flexibility index (Phi) is 10.1. The average molecular weight is 549 g/mol. The lowest BCUT2D eigenvalue weighted by Gasteiger charge is -2.37. The van der Waals surface area contributed by atoms with E-state index in [0.717, 1.165) is 54.5 Å². The van der Waals surface area contributed by atoms with Crippen LogP contribution in [0.2, 0.25) is 0 Å². The molecule has 39 heavy (non-hydrogen) atoms. The topological polar surface area (TPSA) is 90.5 Å². The van der Waals surface area contributed by atoms with E-state index < -0.39 is 11.6 Å². The van der Waals surface area contributed by atoms with Gasteiger partial charge in [0.25, 0.3) is 5.91 Å². The Morgan fingerprint density at radius 1 is 0.949 bits per heavy atom. The molecule has 4 rings (SSSR count). The monoisotopic (exact) mass is 548 g/mol. The van der Waals surface area contributed by atoms with Gasteiger partial charge < -0.3 is 20.9 Å². The maximum absolute atomic E-state index is 13.9. The van der Waals surface area contributed by atoms with E-state index in [0.29, 0.717) is 30.7 Å². The molecule has 0 aliphatic heterocycles. The number of thiophene rings is 1. The summed E-state index contributed by atoms with van der Waals surface area (Å²) in [6.45, 7) is 7.29. The minimum atomic E-state index is -1.04. The van der Waals surface area contributed by atoms with Crippen molar-refractivity contribution in [1.29, 1.82) is 0 Å². The lowest BCUT2D eigenvalue weighted by atomic mass is 9.80. The fourth-order valence-electron chi connectivity index (χ4n) is 5.29. The van der Waals surface area contributed by atoms with Gasteiger partial charge in [-0.05, 0) is 49.0 Å². The first-order chi connectivity index (χ1) is 18.9. The minimum Gasteiger partial charge on any atom is -0.353 e. The van der Waals surface area contributed by atoms with Crippen LogP contribution in [0.25, 0.3) is 10.1 Å². The SMILES string of the molecule is CCN(CC)CCNC(=O)C(Cc1ccccc1)NC(=O)C1(NC(=O)c2cc3ccccc3s2)CCCCC1. The highest BCUT2D eigenvalue weighted by molar-refractivity contribution is 7.20. The van der Waals surface area contributed by atoms with Crippen molar-refractivity contribution in [3.8, 4) is 0 Å². The summed E-state index contributed by atoms with van der Waals surface area (Å²) in [6.07, 6.45) is 4.20. The number of carbonyl (C=O) groups is 3. The molecule has 3 amide bonds. The lowest BCUT2D eigenvalue weighted by Crippen LogP contribution is -2.63. The molecule has 1 fully saturated rings. The van der Waals surface area contributed by atoms with Crippen molar-refractivity contribution >= 4 is 39.1 Å². The molecule has 0 spiro atoms. The van der Waals surface area contributed by atoms with E-state index in [1.165, 1.54) is 11.3 Å². The Hall–Kier alpha value is -3.23. The Morgan fingerprint density at radius 3 is 2.33 bits per heavy atom. The number of rotatable bonds is 12. The van der Waals surface area contributed by atoms with Crippen molar-refractivity contribution in [2.75, 3.05) is 26.2 Å². The second kappa shape index (κ2) is 13.7. The molecule has 1 atom stereocenters. The largest absolute Gasteiger partial charge is 0.353 e. The van der Waals surface area contributed by atoms with Gasteiger partial charge in [0.15, 0.2) is 0 Å². The van der Waals surface area contributed by atoms with Gasteiger partial charge in [0.2, 0.25) is 11.8 Å². The molecule has 1 heterocycles. The van der Waals surface area contributed by atoms with Gasteiger partial charge in [0, 0.05) is 24.2 Å². The molecule has 3 aromatic rings. The first kappa shape index (κ1) is 28.8. The van der Waals surface area contributed by atoms with Crippen LogP contribution < -0.4 is 16.0 Å². The van der Waals surface area contributed by atoms with Crippen molar-refractivity contribution < 1.29 is 14.4 Å². The number of carbonyl (C=O) groups excluding carboxylic acids is 3. The summed E-state index contributed by atoms with van der Waals surface area (Å²) in [5.41, 5.74) is -0.0733. The van der Waals surface area contributed by atoms with Crippen molar-refractivity contribution in [1.82, 2.24) is 20.9 Å². The minimum absolute atomic E-state index is 0.207. The van der Waals surface area contributed by atoms with Crippen molar-refractivity contribution in [2.45, 2.75) is 64.0 Å². The summed E-state index contributed by atoms with van der Waals surface area (Å²) >= 11 is 1.43. The van der Waals surface area contributed by atoms with E-state index in [-0.39, 0.29) is 17.7 Å². The van der Waals surface area contributed by atoms with E-state index in [1.54, 1.807) is 0 Å². The molecule has 0 radical (unpaired) electrons. The number of fused-ring (bicyclic) bond motifs is 1. The molecule has 1 aromatic heterocycles. The molecule has 2 aromatic carbocycles. The predicted molar refractivity (Wildman–Crippen MR) is 158 cm³/mol. The molecule has 8 heteroatoms. The molecule has 0 bridgehead atoms. The zero-order valence-corrected chi connectivity index (χ0v) is 23.8. The Labute approximate surface area is 235 Å². The van der Waals surface area contributed by atoms with Crippen LogP contribution >= 0.6 is 11.3 Å². The zero-order valence-electron chi connectivity index (χ0n) is 23.0. The molecule has 3 N–H and O–H groups in total. The van der Waals surface area contributed by atoms with Gasteiger partial charge in [-0.3, -0.25) is 14.4 Å². The van der Waals surface area contributed by atoms with Crippen LogP contribution in [-0.2, 0) is 16.0 Å². The molecule has 208 valence electrons. The number of amides is 3. The Morgan fingerprint density at radius 2 is 1.64 bits per heavy atom. The number of hydrogen-bond acceptors (Lipinski definition) is 5. The van der Waals surface area contributed by atoms with Crippen LogP contribution in [0, 0.1) is 0 Å². The Balaban J connectivity index is 1.51. The maximum atomic E-state index is 13.9. The highest BCUT2D eigenvalue weighted by Crippen LogP contribution is 2.31. The summed E-state index contributed by atoms with van der Waals surface area (Å²) < 4.78 is 1.04. The molecule has 0 saturated heterocycles. The third-order valence-electron chi connectivity index (χ3n) is 7.67. The van der Waals surface area contributed by atoms with Crippen molar-refractivity contribution in [3.05, 3.63) is 71.1 Å². The van der Waals surface area contributed by atoms with Crippen LogP contribution in [-0.4, -0.2) is 60.4 Å². The van der Waals surface area contributed by atoms with Gasteiger partial charge in [-0.15, -0.1) is 11.3 Å². The first-order valence-electron chi connectivity index (χ1n) is 14.1. The highest BCUT2D eigenvalue weighted by Gasteiger charge is 2.42. The van der Waals surface area contributed by atoms with Crippen LogP contribution in [0.4, 0.5) is 0 Å². The van der Waals surface area contributed by atoms with E-state index in [2.05, 4.69) is 34.7 Å². The van der Waals surface area contributed by atoms with Crippen LogP contribution in [0.3, 0.4) is 0 Å². The normalized spacial score (nSPS) is 15.6. The quantitative estimate of drug-likeness (QED) is 0.310. The summed E-state index contributed by atoms with van der Waals surface area (Å²) in [6, 6.07) is 18.7. The van der Waals surface area contributed by atoms with Gasteiger partial charge in [0.05, 0.1) is 4.88 Å². The fourth-order valence-corrected chi connectivity index (χ4v) is 6.25. The van der Waals surface area contributed by atoms with Gasteiger partial charge in [-0.25, -0.2) is 0 Å². The maximum Gasteiger partial charge on any atom is 0.262 e. The molecule has 7 nitrogen and oxygen atoms in total. The van der Waals surface area contributed by atoms with E-state index in [9.17, 15) is 14.4 Å². The smallest absolute Gasteiger partial charge is 0.262 e. The second-order valence-corrected chi connectivity index (χ2v) is 11.4. The number of nitrogens with zero attached hydrogens (tertiary/aromatic N) is 1. The fraction of sp³-hybridized carbons (Fsp3) is 0.452. The zero-order chi connectivity index (χ0) is 27.7.